The molecule has 2 aromatic carbocycles. The van der Waals surface area contributed by atoms with Crippen molar-refractivity contribution >= 4 is 23.2 Å². The summed E-state index contributed by atoms with van der Waals surface area (Å²) in [5.41, 5.74) is 7.89. The van der Waals surface area contributed by atoms with Crippen LogP contribution in [-0.2, 0) is 0 Å². The van der Waals surface area contributed by atoms with Crippen molar-refractivity contribution in [3.63, 3.8) is 0 Å². The van der Waals surface area contributed by atoms with Gasteiger partial charge in [0.1, 0.15) is 0 Å². The van der Waals surface area contributed by atoms with E-state index < -0.39 is 0 Å². The summed E-state index contributed by atoms with van der Waals surface area (Å²) in [7, 11) is 0. The molecule has 4 N–H and O–H groups in total. The zero-order valence-corrected chi connectivity index (χ0v) is 13.1. The number of hydrogen-bond acceptors (Lipinski definition) is 3. The number of nitrogens with two attached hydrogens (primary N) is 1. The molecule has 5 heteroatoms. The van der Waals surface area contributed by atoms with Crippen molar-refractivity contribution in [3.05, 3.63) is 59.7 Å². The van der Waals surface area contributed by atoms with Gasteiger partial charge in [-0.25, -0.2) is 4.79 Å². The quantitative estimate of drug-likeness (QED) is 0.434. The Morgan fingerprint density at radius 3 is 2.43 bits per heavy atom. The van der Waals surface area contributed by atoms with E-state index in [1.165, 1.54) is 0 Å². The number of anilines is 2. The summed E-state index contributed by atoms with van der Waals surface area (Å²) in [5, 5.41) is 5.44. The number of ketones is 1. The van der Waals surface area contributed by atoms with Gasteiger partial charge in [-0.15, -0.1) is 0 Å². The predicted octanol–water partition coefficient (Wildman–Crippen LogP) is 3.42. The van der Waals surface area contributed by atoms with Gasteiger partial charge in [0, 0.05) is 17.7 Å². The Balaban J connectivity index is 2.06. The number of nitrogens with one attached hydrogen (secondary N) is 2. The van der Waals surface area contributed by atoms with Gasteiger partial charge in [0.2, 0.25) is 0 Å². The van der Waals surface area contributed by atoms with Crippen molar-refractivity contribution < 1.29 is 9.59 Å². The van der Waals surface area contributed by atoms with Crippen LogP contribution in [0.15, 0.2) is 48.5 Å². The van der Waals surface area contributed by atoms with Gasteiger partial charge in [0.25, 0.3) is 0 Å². The molecule has 5 nitrogen and oxygen atoms in total. The summed E-state index contributed by atoms with van der Waals surface area (Å²) in [6, 6.07) is 13.6. The molecule has 0 heterocycles. The SMILES string of the molecule is CCCCNC(=O)Nc1ccc(C(=O)c2ccccc2)cc1N. The molecule has 0 atom stereocenters. The first-order valence-corrected chi connectivity index (χ1v) is 7.66. The van der Waals surface area contributed by atoms with Gasteiger partial charge in [-0.2, -0.15) is 0 Å². The summed E-state index contributed by atoms with van der Waals surface area (Å²) < 4.78 is 0. The second-order valence-electron chi connectivity index (χ2n) is 5.23. The van der Waals surface area contributed by atoms with Crippen LogP contribution in [0.4, 0.5) is 16.2 Å². The average molecular weight is 311 g/mol. The van der Waals surface area contributed by atoms with E-state index in [1.807, 2.05) is 18.2 Å². The van der Waals surface area contributed by atoms with Crippen LogP contribution in [0.5, 0.6) is 0 Å². The number of rotatable bonds is 6. The van der Waals surface area contributed by atoms with Crippen LogP contribution in [0.25, 0.3) is 0 Å². The molecule has 0 radical (unpaired) electrons. The summed E-state index contributed by atoms with van der Waals surface area (Å²) in [6.45, 7) is 2.67. The molecule has 0 fully saturated rings. The van der Waals surface area contributed by atoms with Gasteiger partial charge < -0.3 is 16.4 Å². The standard InChI is InChI=1S/C18H21N3O2/c1-2-3-11-20-18(23)21-16-10-9-14(12-15(16)19)17(22)13-7-5-4-6-8-13/h4-10,12H,2-3,11,19H2,1H3,(H2,20,21,23). The van der Waals surface area contributed by atoms with Crippen molar-refractivity contribution in [2.24, 2.45) is 0 Å². The number of urea groups is 1. The van der Waals surface area contributed by atoms with E-state index in [4.69, 9.17) is 5.73 Å². The summed E-state index contributed by atoms with van der Waals surface area (Å²) in [4.78, 5) is 24.1. The highest BCUT2D eigenvalue weighted by molar-refractivity contribution is 6.10. The lowest BCUT2D eigenvalue weighted by molar-refractivity contribution is 0.103. The molecule has 23 heavy (non-hydrogen) atoms. The van der Waals surface area contributed by atoms with Gasteiger partial charge >= 0.3 is 6.03 Å². The van der Waals surface area contributed by atoms with Crippen LogP contribution in [0.2, 0.25) is 0 Å². The smallest absolute Gasteiger partial charge is 0.319 e. The number of carbonyl (C=O) groups is 2. The van der Waals surface area contributed by atoms with Crippen LogP contribution in [0.3, 0.4) is 0 Å². The number of carbonyl (C=O) groups excluding carboxylic acids is 2. The lowest BCUT2D eigenvalue weighted by atomic mass is 10.0. The fourth-order valence-electron chi connectivity index (χ4n) is 2.12. The topological polar surface area (TPSA) is 84.2 Å². The van der Waals surface area contributed by atoms with E-state index in [9.17, 15) is 9.59 Å². The molecular formula is C18H21N3O2. The first-order chi connectivity index (χ1) is 11.1. The minimum absolute atomic E-state index is 0.101. The Hall–Kier alpha value is -2.82. The van der Waals surface area contributed by atoms with Gasteiger partial charge in [-0.3, -0.25) is 4.79 Å². The van der Waals surface area contributed by atoms with Crippen molar-refractivity contribution in [2.45, 2.75) is 19.8 Å². The van der Waals surface area contributed by atoms with E-state index in [-0.39, 0.29) is 11.8 Å². The molecule has 0 aromatic heterocycles. The normalized spacial score (nSPS) is 10.1. The lowest BCUT2D eigenvalue weighted by Crippen LogP contribution is -2.29. The highest BCUT2D eigenvalue weighted by Gasteiger charge is 2.11. The molecular weight excluding hydrogens is 290 g/mol. The summed E-state index contributed by atoms with van der Waals surface area (Å²) >= 11 is 0. The summed E-state index contributed by atoms with van der Waals surface area (Å²) in [5.74, 6) is -0.101. The molecule has 120 valence electrons. The zero-order valence-electron chi connectivity index (χ0n) is 13.1. The van der Waals surface area contributed by atoms with Gasteiger partial charge in [-0.1, -0.05) is 43.7 Å². The fraction of sp³-hybridized carbons (Fsp3) is 0.222. The van der Waals surface area contributed by atoms with Crippen molar-refractivity contribution in [2.75, 3.05) is 17.6 Å². The minimum Gasteiger partial charge on any atom is -0.397 e. The third-order valence-electron chi connectivity index (χ3n) is 3.41. The maximum Gasteiger partial charge on any atom is 0.319 e. The lowest BCUT2D eigenvalue weighted by Gasteiger charge is -2.10. The van der Waals surface area contributed by atoms with Gasteiger partial charge in [-0.05, 0) is 24.6 Å². The van der Waals surface area contributed by atoms with Gasteiger partial charge in [0.05, 0.1) is 11.4 Å². The molecule has 0 saturated carbocycles. The molecule has 0 bridgehead atoms. The Morgan fingerprint density at radius 1 is 1.04 bits per heavy atom. The zero-order chi connectivity index (χ0) is 16.7. The van der Waals surface area contributed by atoms with Crippen LogP contribution in [-0.4, -0.2) is 18.4 Å². The van der Waals surface area contributed by atoms with E-state index in [2.05, 4.69) is 17.6 Å². The molecule has 0 unspecified atom stereocenters. The minimum atomic E-state index is -0.299. The molecule has 2 rings (SSSR count). The maximum atomic E-state index is 12.4. The van der Waals surface area contributed by atoms with Crippen molar-refractivity contribution in [1.82, 2.24) is 5.32 Å². The number of nitrogen functional groups attached to an aromatic ring is 1. The molecule has 0 aliphatic heterocycles. The largest absolute Gasteiger partial charge is 0.397 e. The molecule has 2 aromatic rings. The monoisotopic (exact) mass is 311 g/mol. The predicted molar refractivity (Wildman–Crippen MR) is 92.7 cm³/mol. The van der Waals surface area contributed by atoms with Gasteiger partial charge in [0.15, 0.2) is 5.78 Å². The van der Waals surface area contributed by atoms with E-state index in [1.54, 1.807) is 30.3 Å². The van der Waals surface area contributed by atoms with Crippen molar-refractivity contribution in [1.29, 1.82) is 0 Å². The molecule has 0 spiro atoms. The molecule has 0 aliphatic rings. The van der Waals surface area contributed by atoms with Crippen LogP contribution in [0.1, 0.15) is 35.7 Å². The third kappa shape index (κ3) is 4.57. The molecule has 0 aliphatic carbocycles. The number of benzene rings is 2. The van der Waals surface area contributed by atoms with Crippen LogP contribution >= 0.6 is 0 Å². The average Bonchev–Trinajstić information content (AvgIpc) is 2.57. The third-order valence-corrected chi connectivity index (χ3v) is 3.41. The highest BCUT2D eigenvalue weighted by atomic mass is 16.2. The van der Waals surface area contributed by atoms with Crippen molar-refractivity contribution in [3.8, 4) is 0 Å². The maximum absolute atomic E-state index is 12.4. The van der Waals surface area contributed by atoms with E-state index in [0.29, 0.717) is 29.0 Å². The molecule has 2 amide bonds. The summed E-state index contributed by atoms with van der Waals surface area (Å²) in [6.07, 6.45) is 1.94. The second kappa shape index (κ2) is 7.98. The fourth-order valence-corrected chi connectivity index (χ4v) is 2.12. The Labute approximate surface area is 135 Å². The first-order valence-electron chi connectivity index (χ1n) is 7.66. The Bertz CT molecular complexity index is 684. The number of unbranched alkanes of at least 4 members (excludes halogenated alkanes) is 1. The van der Waals surface area contributed by atoms with E-state index in [0.717, 1.165) is 12.8 Å². The van der Waals surface area contributed by atoms with E-state index >= 15 is 0 Å². The number of amides is 2. The Morgan fingerprint density at radius 2 is 1.78 bits per heavy atom. The Kier molecular flexibility index (Phi) is 5.74. The first kappa shape index (κ1) is 16.5. The highest BCUT2D eigenvalue weighted by Crippen LogP contribution is 2.21. The van der Waals surface area contributed by atoms with Crippen LogP contribution < -0.4 is 16.4 Å². The van der Waals surface area contributed by atoms with Crippen LogP contribution in [0, 0.1) is 0 Å². The molecule has 0 saturated heterocycles. The second-order valence-corrected chi connectivity index (χ2v) is 5.23. The number of hydrogen-bond donors (Lipinski definition) is 3.